The van der Waals surface area contributed by atoms with E-state index in [1.165, 1.54) is 12.3 Å². The lowest BCUT2D eigenvalue weighted by Gasteiger charge is -2.27. The highest BCUT2D eigenvalue weighted by Gasteiger charge is 2.42. The summed E-state index contributed by atoms with van der Waals surface area (Å²) >= 11 is 0. The number of likely N-dealkylation sites (tertiary alicyclic amines) is 1. The number of sulfonamides is 1. The molecule has 1 aliphatic heterocycles. The van der Waals surface area contributed by atoms with Crippen LogP contribution in [0.3, 0.4) is 0 Å². The molecule has 2 amide bonds. The zero-order valence-corrected chi connectivity index (χ0v) is 23.9. The van der Waals surface area contributed by atoms with Crippen molar-refractivity contribution in [2.75, 3.05) is 19.6 Å². The standard InChI is InChI=1S/C32H33N5O4S/c33-35-21-25-9-6-10-26(19-25)22-36-18-16-30(32(36)39)37(23-31(38)34-17-15-24-7-2-1-3-8-24)42(40,41)29-14-13-27-11-4-5-12-28(27)20-29/h1-14,19-21,30H,15-18,22-23,33H2,(H,34,38)/t30-/m0/s1. The maximum atomic E-state index is 14.1. The van der Waals surface area contributed by atoms with Crippen molar-refractivity contribution in [3.63, 3.8) is 0 Å². The number of amides is 2. The second-order valence-corrected chi connectivity index (χ2v) is 12.1. The van der Waals surface area contributed by atoms with Crippen LogP contribution in [-0.4, -0.2) is 61.3 Å². The smallest absolute Gasteiger partial charge is 0.244 e. The predicted molar refractivity (Wildman–Crippen MR) is 163 cm³/mol. The predicted octanol–water partition coefficient (Wildman–Crippen LogP) is 3.28. The van der Waals surface area contributed by atoms with Crippen LogP contribution >= 0.6 is 0 Å². The number of benzene rings is 4. The van der Waals surface area contributed by atoms with Crippen LogP contribution in [0.1, 0.15) is 23.1 Å². The van der Waals surface area contributed by atoms with Crippen LogP contribution in [0.2, 0.25) is 0 Å². The van der Waals surface area contributed by atoms with Crippen molar-refractivity contribution < 1.29 is 18.0 Å². The van der Waals surface area contributed by atoms with Gasteiger partial charge in [0.2, 0.25) is 21.8 Å². The van der Waals surface area contributed by atoms with Crippen molar-refractivity contribution in [1.82, 2.24) is 14.5 Å². The molecule has 216 valence electrons. The molecule has 1 aliphatic rings. The first kappa shape index (κ1) is 29.0. The van der Waals surface area contributed by atoms with Gasteiger partial charge in [-0.2, -0.15) is 9.41 Å². The number of carbonyl (C=O) groups excluding carboxylic acids is 2. The summed E-state index contributed by atoms with van der Waals surface area (Å²) in [7, 11) is -4.20. The summed E-state index contributed by atoms with van der Waals surface area (Å²) in [6.07, 6.45) is 2.40. The van der Waals surface area contributed by atoms with Crippen molar-refractivity contribution in [3.05, 3.63) is 114 Å². The summed E-state index contributed by atoms with van der Waals surface area (Å²) < 4.78 is 29.2. The number of hydrogen-bond acceptors (Lipinski definition) is 6. The van der Waals surface area contributed by atoms with Crippen LogP contribution in [0.4, 0.5) is 0 Å². The molecule has 9 nitrogen and oxygen atoms in total. The molecule has 0 aromatic heterocycles. The Hall–Kier alpha value is -4.54. The van der Waals surface area contributed by atoms with Gasteiger partial charge in [0.05, 0.1) is 17.7 Å². The summed E-state index contributed by atoms with van der Waals surface area (Å²) in [6.45, 7) is 0.545. The lowest BCUT2D eigenvalue weighted by atomic mass is 10.1. The number of hydrazone groups is 1. The number of hydrogen-bond donors (Lipinski definition) is 2. The minimum atomic E-state index is -4.20. The molecule has 1 heterocycles. The molecule has 42 heavy (non-hydrogen) atoms. The fraction of sp³-hybridized carbons (Fsp3) is 0.219. The van der Waals surface area contributed by atoms with E-state index in [1.807, 2.05) is 78.9 Å². The van der Waals surface area contributed by atoms with E-state index in [4.69, 9.17) is 5.84 Å². The van der Waals surface area contributed by atoms with Gasteiger partial charge < -0.3 is 16.1 Å². The topological polar surface area (TPSA) is 125 Å². The van der Waals surface area contributed by atoms with Crippen LogP contribution in [0.25, 0.3) is 10.8 Å². The number of rotatable bonds is 11. The largest absolute Gasteiger partial charge is 0.355 e. The summed E-state index contributed by atoms with van der Waals surface area (Å²) in [5.41, 5.74) is 2.72. The van der Waals surface area contributed by atoms with Gasteiger partial charge in [-0.15, -0.1) is 0 Å². The molecule has 0 unspecified atom stereocenters. The normalized spacial score (nSPS) is 15.6. The molecule has 1 atom stereocenters. The quantitative estimate of drug-likeness (QED) is 0.159. The van der Waals surface area contributed by atoms with Crippen LogP contribution in [-0.2, 0) is 32.6 Å². The highest BCUT2D eigenvalue weighted by molar-refractivity contribution is 7.89. The second-order valence-electron chi connectivity index (χ2n) is 10.2. The van der Waals surface area contributed by atoms with Crippen molar-refractivity contribution in [2.45, 2.75) is 30.3 Å². The van der Waals surface area contributed by atoms with Gasteiger partial charge in [-0.05, 0) is 58.5 Å². The Bertz CT molecular complexity index is 1710. The first-order valence-electron chi connectivity index (χ1n) is 13.8. The van der Waals surface area contributed by atoms with Crippen LogP contribution in [0.15, 0.2) is 107 Å². The Kier molecular flexibility index (Phi) is 8.94. The van der Waals surface area contributed by atoms with Crippen LogP contribution in [0, 0.1) is 0 Å². The lowest BCUT2D eigenvalue weighted by molar-refractivity contribution is -0.131. The van der Waals surface area contributed by atoms with E-state index in [0.29, 0.717) is 26.1 Å². The Morgan fingerprint density at radius 2 is 1.69 bits per heavy atom. The number of nitrogens with two attached hydrogens (primary N) is 1. The molecule has 1 fully saturated rings. The van der Waals surface area contributed by atoms with E-state index in [9.17, 15) is 18.0 Å². The third kappa shape index (κ3) is 6.67. The van der Waals surface area contributed by atoms with Gasteiger partial charge in [0.15, 0.2) is 0 Å². The SMILES string of the molecule is NN=Cc1cccc(CN2CC[C@H](N(CC(=O)NCCc3ccccc3)S(=O)(=O)c3ccc4ccccc4c3)C2=O)c1. The average molecular weight is 584 g/mol. The van der Waals surface area contributed by atoms with E-state index >= 15 is 0 Å². The zero-order chi connectivity index (χ0) is 29.5. The van der Waals surface area contributed by atoms with E-state index in [0.717, 1.165) is 31.8 Å². The number of nitrogens with one attached hydrogen (secondary N) is 1. The molecule has 0 bridgehead atoms. The number of nitrogens with zero attached hydrogens (tertiary/aromatic N) is 3. The summed E-state index contributed by atoms with van der Waals surface area (Å²) in [5, 5.41) is 8.03. The Morgan fingerprint density at radius 3 is 2.48 bits per heavy atom. The molecule has 4 aromatic rings. The molecule has 0 radical (unpaired) electrons. The molecule has 0 saturated carbocycles. The third-order valence-corrected chi connectivity index (χ3v) is 9.22. The number of carbonyl (C=O) groups is 2. The first-order chi connectivity index (χ1) is 20.3. The molecule has 5 rings (SSSR count). The van der Waals surface area contributed by atoms with Crippen LogP contribution in [0.5, 0.6) is 0 Å². The van der Waals surface area contributed by atoms with Crippen molar-refractivity contribution in [1.29, 1.82) is 0 Å². The molecule has 10 heteroatoms. The summed E-state index contributed by atoms with van der Waals surface area (Å²) in [4.78, 5) is 28.4. The molecular weight excluding hydrogens is 550 g/mol. The average Bonchev–Trinajstić information content (AvgIpc) is 3.35. The Morgan fingerprint density at radius 1 is 0.952 bits per heavy atom. The van der Waals surface area contributed by atoms with Gasteiger partial charge in [0.1, 0.15) is 6.04 Å². The van der Waals surface area contributed by atoms with Crippen molar-refractivity contribution in [3.8, 4) is 0 Å². The summed E-state index contributed by atoms with van der Waals surface area (Å²) in [6, 6.07) is 28.5. The third-order valence-electron chi connectivity index (χ3n) is 7.37. The van der Waals surface area contributed by atoms with E-state index in [1.54, 1.807) is 17.0 Å². The minimum Gasteiger partial charge on any atom is -0.355 e. The summed E-state index contributed by atoms with van der Waals surface area (Å²) in [5.74, 6) is 4.48. The van der Waals surface area contributed by atoms with Gasteiger partial charge >= 0.3 is 0 Å². The van der Waals surface area contributed by atoms with Crippen molar-refractivity contribution >= 4 is 38.8 Å². The molecule has 3 N–H and O–H groups in total. The monoisotopic (exact) mass is 583 g/mol. The molecule has 1 saturated heterocycles. The fourth-order valence-corrected chi connectivity index (χ4v) is 6.84. The lowest BCUT2D eigenvalue weighted by Crippen LogP contribution is -2.49. The van der Waals surface area contributed by atoms with Gasteiger partial charge in [-0.25, -0.2) is 8.42 Å². The maximum Gasteiger partial charge on any atom is 0.244 e. The zero-order valence-electron chi connectivity index (χ0n) is 23.1. The Labute approximate surface area is 245 Å². The Balaban J connectivity index is 1.38. The highest BCUT2D eigenvalue weighted by atomic mass is 32.2. The van der Waals surface area contributed by atoms with E-state index in [2.05, 4.69) is 10.4 Å². The maximum absolute atomic E-state index is 14.1. The van der Waals surface area contributed by atoms with Gasteiger partial charge in [-0.1, -0.05) is 78.9 Å². The molecule has 4 aromatic carbocycles. The first-order valence-corrected chi connectivity index (χ1v) is 15.2. The number of fused-ring (bicyclic) bond motifs is 1. The fourth-order valence-electron chi connectivity index (χ4n) is 5.24. The van der Waals surface area contributed by atoms with Gasteiger partial charge in [-0.3, -0.25) is 9.59 Å². The minimum absolute atomic E-state index is 0.0401. The van der Waals surface area contributed by atoms with Gasteiger partial charge in [0.25, 0.3) is 0 Å². The molecule has 0 aliphatic carbocycles. The van der Waals surface area contributed by atoms with Gasteiger partial charge in [0, 0.05) is 19.6 Å². The molecular formula is C32H33N5O4S. The highest BCUT2D eigenvalue weighted by Crippen LogP contribution is 2.28. The van der Waals surface area contributed by atoms with Crippen molar-refractivity contribution in [2.24, 2.45) is 10.9 Å². The second kappa shape index (κ2) is 13.0. The van der Waals surface area contributed by atoms with E-state index < -0.39 is 28.5 Å². The molecule has 0 spiro atoms. The van der Waals surface area contributed by atoms with E-state index in [-0.39, 0.29) is 17.2 Å². The van der Waals surface area contributed by atoms with Crippen LogP contribution < -0.4 is 11.2 Å².